The molecule has 2 aliphatic rings. The fourth-order valence-electron chi connectivity index (χ4n) is 3.69. The number of amidine groups is 1. The van der Waals surface area contributed by atoms with Crippen molar-refractivity contribution in [1.29, 1.82) is 0 Å². The summed E-state index contributed by atoms with van der Waals surface area (Å²) in [5, 5.41) is 6.53. The Kier molecular flexibility index (Phi) is 9.15. The van der Waals surface area contributed by atoms with E-state index >= 15 is 0 Å². The Morgan fingerprint density at radius 2 is 1.42 bits per heavy atom. The van der Waals surface area contributed by atoms with Crippen LogP contribution in [-0.2, 0) is 23.8 Å². The first kappa shape index (κ1) is 27.4. The van der Waals surface area contributed by atoms with Gasteiger partial charge in [0.25, 0.3) is 5.91 Å². The van der Waals surface area contributed by atoms with Gasteiger partial charge < -0.3 is 29.0 Å². The van der Waals surface area contributed by atoms with E-state index in [4.69, 9.17) is 23.7 Å². The van der Waals surface area contributed by atoms with Crippen LogP contribution in [0.2, 0.25) is 0 Å². The topological polar surface area (TPSA) is 108 Å². The number of nitrogens with one attached hydrogen (secondary N) is 1. The van der Waals surface area contributed by atoms with Crippen LogP contribution < -0.4 is 14.8 Å². The molecule has 0 radical (unpaired) electrons. The van der Waals surface area contributed by atoms with Crippen molar-refractivity contribution in [2.45, 2.75) is 12.2 Å². The van der Waals surface area contributed by atoms with E-state index in [1.165, 1.54) is 18.2 Å². The highest BCUT2D eigenvalue weighted by Gasteiger charge is 2.49. The number of ether oxygens (including phenoxy) is 5. The number of rotatable bonds is 2. The lowest BCUT2D eigenvalue weighted by atomic mass is 10.0. The first-order chi connectivity index (χ1) is 18.3. The molecule has 0 spiro atoms. The number of benzene rings is 2. The Bertz CT molecular complexity index is 1140. The zero-order valence-electron chi connectivity index (χ0n) is 20.2. The van der Waals surface area contributed by atoms with E-state index in [2.05, 4.69) is 10.4 Å². The number of hydrazone groups is 1. The predicted octanol–water partition coefficient (Wildman–Crippen LogP) is 2.43. The Hall–Kier alpha value is -3.68. The second kappa shape index (κ2) is 12.7. The molecule has 1 N–H and O–H groups in total. The number of hydrogen-bond acceptors (Lipinski definition) is 8. The van der Waals surface area contributed by atoms with Gasteiger partial charge in [-0.1, -0.05) is 36.4 Å². The average Bonchev–Trinajstić information content (AvgIpc) is 2.91. The Morgan fingerprint density at radius 1 is 0.842 bits per heavy atom. The van der Waals surface area contributed by atoms with Crippen molar-refractivity contribution in [2.75, 3.05) is 52.9 Å². The second-order valence-electron chi connectivity index (χ2n) is 8.09. The summed E-state index contributed by atoms with van der Waals surface area (Å²) in [7, 11) is 0. The fourth-order valence-corrected chi connectivity index (χ4v) is 3.69. The number of halogens is 3. The van der Waals surface area contributed by atoms with Crippen molar-refractivity contribution in [2.24, 2.45) is 5.10 Å². The molecule has 2 aromatic rings. The van der Waals surface area contributed by atoms with Crippen LogP contribution >= 0.6 is 0 Å². The van der Waals surface area contributed by atoms with E-state index in [0.717, 1.165) is 0 Å². The van der Waals surface area contributed by atoms with Crippen LogP contribution in [0.3, 0.4) is 0 Å². The number of hydrogen-bond donors (Lipinski definition) is 1. The molecule has 0 saturated carbocycles. The van der Waals surface area contributed by atoms with Gasteiger partial charge >= 0.3 is 12.1 Å². The Labute approximate surface area is 216 Å². The highest BCUT2D eigenvalue weighted by Crippen LogP contribution is 2.35. The molecule has 0 aromatic heterocycles. The average molecular weight is 537 g/mol. The summed E-state index contributed by atoms with van der Waals surface area (Å²) in [4.78, 5) is 25.5. The fraction of sp³-hybridized carbons (Fsp3) is 0.400. The van der Waals surface area contributed by atoms with Crippen LogP contribution in [0, 0.1) is 0 Å². The van der Waals surface area contributed by atoms with Crippen LogP contribution in [-0.4, -0.2) is 81.7 Å². The molecule has 204 valence electrons. The predicted molar refractivity (Wildman–Crippen MR) is 127 cm³/mol. The lowest BCUT2D eigenvalue weighted by molar-refractivity contribution is -0.189. The van der Waals surface area contributed by atoms with Gasteiger partial charge in [-0.2, -0.15) is 18.3 Å². The number of amides is 2. The minimum atomic E-state index is -5.27. The lowest BCUT2D eigenvalue weighted by Crippen LogP contribution is -2.52. The third-order valence-corrected chi connectivity index (χ3v) is 5.44. The summed E-state index contributed by atoms with van der Waals surface area (Å²) < 4.78 is 68.3. The second-order valence-corrected chi connectivity index (χ2v) is 8.09. The largest absolute Gasteiger partial charge is 0.487 e. The molecular formula is C25H26F3N3O7. The van der Waals surface area contributed by atoms with Crippen molar-refractivity contribution in [3.63, 3.8) is 0 Å². The van der Waals surface area contributed by atoms with Crippen molar-refractivity contribution in [1.82, 2.24) is 10.3 Å². The SMILES string of the molecule is O=C1NC(c2ccccc2)=NN(C(=O)C(F)(F)F)C1c1ccc2c(c1)OCCOCCOCCOCCO2. The highest BCUT2D eigenvalue weighted by atomic mass is 19.4. The first-order valence-electron chi connectivity index (χ1n) is 11.8. The van der Waals surface area contributed by atoms with Gasteiger partial charge in [0.15, 0.2) is 23.4 Å². The molecule has 2 aromatic carbocycles. The minimum absolute atomic E-state index is 0.0433. The molecule has 2 amide bonds. The highest BCUT2D eigenvalue weighted by molar-refractivity contribution is 6.12. The summed E-state index contributed by atoms with van der Waals surface area (Å²) in [5.74, 6) is -2.90. The van der Waals surface area contributed by atoms with E-state index in [9.17, 15) is 22.8 Å². The van der Waals surface area contributed by atoms with E-state index < -0.39 is 24.0 Å². The Morgan fingerprint density at radius 3 is 2.03 bits per heavy atom. The normalized spacial score (nSPS) is 20.0. The van der Waals surface area contributed by atoms with Crippen LogP contribution in [0.4, 0.5) is 13.2 Å². The maximum Gasteiger partial charge on any atom is 0.473 e. The van der Waals surface area contributed by atoms with Crippen molar-refractivity contribution < 1.29 is 46.4 Å². The van der Waals surface area contributed by atoms with Crippen molar-refractivity contribution in [3.05, 3.63) is 59.7 Å². The lowest BCUT2D eigenvalue weighted by Gasteiger charge is -2.32. The number of fused-ring (bicyclic) bond motifs is 1. The molecule has 10 nitrogen and oxygen atoms in total. The van der Waals surface area contributed by atoms with Crippen molar-refractivity contribution in [3.8, 4) is 11.5 Å². The maximum absolute atomic E-state index is 13.5. The first-order valence-corrected chi connectivity index (χ1v) is 11.8. The molecule has 0 aliphatic carbocycles. The maximum atomic E-state index is 13.5. The summed E-state index contributed by atoms with van der Waals surface area (Å²) in [6.07, 6.45) is -5.27. The zero-order valence-corrected chi connectivity index (χ0v) is 20.2. The monoisotopic (exact) mass is 537 g/mol. The Balaban J connectivity index is 1.65. The van der Waals surface area contributed by atoms with E-state index in [0.29, 0.717) is 32.0 Å². The summed E-state index contributed by atoms with van der Waals surface area (Å²) in [6.45, 7) is 2.22. The third kappa shape index (κ3) is 7.00. The summed E-state index contributed by atoms with van der Waals surface area (Å²) in [6, 6.07) is 10.5. The molecular weight excluding hydrogens is 511 g/mol. The molecule has 2 heterocycles. The van der Waals surface area contributed by atoms with Crippen LogP contribution in [0.15, 0.2) is 53.6 Å². The minimum Gasteiger partial charge on any atom is -0.487 e. The van der Waals surface area contributed by atoms with Crippen LogP contribution in [0.1, 0.15) is 17.2 Å². The molecule has 1 unspecified atom stereocenters. The molecule has 38 heavy (non-hydrogen) atoms. The number of nitrogens with zero attached hydrogens (tertiary/aromatic N) is 2. The van der Waals surface area contributed by atoms with Gasteiger partial charge in [-0.25, -0.2) is 5.01 Å². The van der Waals surface area contributed by atoms with Gasteiger partial charge in [0, 0.05) is 5.56 Å². The molecule has 0 bridgehead atoms. The van der Waals surface area contributed by atoms with Gasteiger partial charge in [0.05, 0.1) is 39.6 Å². The number of carbonyl (C=O) groups is 2. The summed E-state index contributed by atoms with van der Waals surface area (Å²) >= 11 is 0. The molecule has 0 saturated heterocycles. The number of carbonyl (C=O) groups excluding carboxylic acids is 2. The van der Waals surface area contributed by atoms with E-state index in [1.807, 2.05) is 0 Å². The molecule has 1 atom stereocenters. The smallest absolute Gasteiger partial charge is 0.473 e. The zero-order chi connectivity index (χ0) is 27.0. The standard InChI is InChI=1S/C25H26F3N3O7/c26-25(27,28)24(33)31-21(23(32)29-22(30-31)17-4-2-1-3-5-17)18-6-7-19-20(16-18)38-15-13-36-11-9-34-8-10-35-12-14-37-19/h1-7,16,21H,8-15H2,(H,29,30,32). The molecule has 13 heteroatoms. The van der Waals surface area contributed by atoms with Crippen LogP contribution in [0.5, 0.6) is 11.5 Å². The van der Waals surface area contributed by atoms with Gasteiger partial charge in [0.1, 0.15) is 13.2 Å². The van der Waals surface area contributed by atoms with Crippen molar-refractivity contribution >= 4 is 17.6 Å². The summed E-state index contributed by atoms with van der Waals surface area (Å²) in [5.41, 5.74) is 0.380. The van der Waals surface area contributed by atoms with Gasteiger partial charge in [-0.15, -0.1) is 0 Å². The molecule has 2 aliphatic heterocycles. The van der Waals surface area contributed by atoms with Gasteiger partial charge in [-0.05, 0) is 17.7 Å². The van der Waals surface area contributed by atoms with E-state index in [1.54, 1.807) is 30.3 Å². The quantitative estimate of drug-likeness (QED) is 0.627. The molecule has 4 rings (SSSR count). The molecule has 0 fully saturated rings. The van der Waals surface area contributed by atoms with Gasteiger partial charge in [0.2, 0.25) is 0 Å². The van der Waals surface area contributed by atoms with E-state index in [-0.39, 0.29) is 54.3 Å². The van der Waals surface area contributed by atoms with Crippen LogP contribution in [0.25, 0.3) is 0 Å². The number of alkyl halides is 3. The third-order valence-electron chi connectivity index (χ3n) is 5.44. The van der Waals surface area contributed by atoms with Gasteiger partial charge in [-0.3, -0.25) is 9.59 Å².